The van der Waals surface area contributed by atoms with Crippen molar-refractivity contribution < 1.29 is 4.79 Å². The van der Waals surface area contributed by atoms with Gasteiger partial charge in [0.1, 0.15) is 5.69 Å². The molecule has 0 radical (unpaired) electrons. The smallest absolute Gasteiger partial charge is 0.275 e. The normalized spacial score (nSPS) is 9.65. The first-order valence-corrected chi connectivity index (χ1v) is 5.87. The van der Waals surface area contributed by atoms with Gasteiger partial charge in [-0.2, -0.15) is 0 Å². The molecule has 1 aromatic carbocycles. The molecule has 0 atom stereocenters. The molecule has 0 aliphatic rings. The predicted molar refractivity (Wildman–Crippen MR) is 70.3 cm³/mol. The molecule has 0 spiro atoms. The summed E-state index contributed by atoms with van der Waals surface area (Å²) in [6.45, 7) is 3.53. The Morgan fingerprint density at radius 1 is 1.35 bits per heavy atom. The molecule has 1 heterocycles. The van der Waals surface area contributed by atoms with Crippen LogP contribution < -0.4 is 10.6 Å². The van der Waals surface area contributed by atoms with Gasteiger partial charge in [-0.25, -0.2) is 4.98 Å². The predicted octanol–water partition coefficient (Wildman–Crippen LogP) is 2.95. The number of carbonyl (C=O) groups is 1. The number of benzene rings is 1. The monoisotopic (exact) mass is 245 g/mol. The molecule has 0 saturated carbocycles. The summed E-state index contributed by atoms with van der Waals surface area (Å²) in [5.41, 5.74) is 1.15. The minimum atomic E-state index is -0.218. The third-order valence-corrected chi connectivity index (χ3v) is 2.77. The number of anilines is 2. The summed E-state index contributed by atoms with van der Waals surface area (Å²) in [6, 6.07) is 9.27. The van der Waals surface area contributed by atoms with Gasteiger partial charge >= 0.3 is 0 Å². The van der Waals surface area contributed by atoms with Gasteiger partial charge in [-0.05, 0) is 18.3 Å². The molecule has 0 aliphatic carbocycles. The zero-order valence-electron chi connectivity index (χ0n) is 9.01. The second-order valence-electron chi connectivity index (χ2n) is 3.21. The summed E-state index contributed by atoms with van der Waals surface area (Å²) in [5.74, 6) is -0.218. The summed E-state index contributed by atoms with van der Waals surface area (Å²) < 4.78 is 0. The molecule has 0 saturated heterocycles. The first-order valence-electron chi connectivity index (χ1n) is 4.99. The van der Waals surface area contributed by atoms with E-state index in [4.69, 9.17) is 0 Å². The maximum atomic E-state index is 11.8. The summed E-state index contributed by atoms with van der Waals surface area (Å²) in [6.07, 6.45) is 1.53. The summed E-state index contributed by atoms with van der Waals surface area (Å²) in [4.78, 5) is 15.9. The maximum Gasteiger partial charge on any atom is 0.275 e. The van der Waals surface area contributed by atoms with Gasteiger partial charge in [-0.3, -0.25) is 4.79 Å². The SMILES string of the molecule is C=CNc1nc(C(=O)Nc2ccccc2)cs1. The standard InChI is InChI=1S/C12H11N3OS/c1-2-13-12-15-10(8-17-12)11(16)14-9-6-4-3-5-7-9/h2-8H,1H2,(H,13,15)(H,14,16). The molecule has 0 unspecified atom stereocenters. The van der Waals surface area contributed by atoms with E-state index in [0.29, 0.717) is 10.8 Å². The maximum absolute atomic E-state index is 11.8. The number of hydrogen-bond donors (Lipinski definition) is 2. The van der Waals surface area contributed by atoms with Crippen LogP contribution in [0.15, 0.2) is 48.5 Å². The molecule has 5 heteroatoms. The highest BCUT2D eigenvalue weighted by molar-refractivity contribution is 7.13. The van der Waals surface area contributed by atoms with Gasteiger partial charge in [0, 0.05) is 11.1 Å². The minimum Gasteiger partial charge on any atom is -0.339 e. The summed E-state index contributed by atoms with van der Waals surface area (Å²) >= 11 is 1.36. The molecule has 0 aliphatic heterocycles. The van der Waals surface area contributed by atoms with Gasteiger partial charge in [0.05, 0.1) is 0 Å². The Kier molecular flexibility index (Phi) is 3.52. The second kappa shape index (κ2) is 5.27. The Morgan fingerprint density at radius 3 is 2.82 bits per heavy atom. The first kappa shape index (κ1) is 11.3. The zero-order chi connectivity index (χ0) is 12.1. The van der Waals surface area contributed by atoms with Crippen molar-refractivity contribution in [2.24, 2.45) is 0 Å². The van der Waals surface area contributed by atoms with E-state index in [2.05, 4.69) is 22.2 Å². The molecule has 2 aromatic rings. The van der Waals surface area contributed by atoms with Gasteiger partial charge < -0.3 is 10.6 Å². The summed E-state index contributed by atoms with van der Waals surface area (Å²) in [7, 11) is 0. The first-order chi connectivity index (χ1) is 8.29. The lowest BCUT2D eigenvalue weighted by Crippen LogP contribution is -2.12. The topological polar surface area (TPSA) is 54.0 Å². The highest BCUT2D eigenvalue weighted by atomic mass is 32.1. The van der Waals surface area contributed by atoms with Crippen LogP contribution in [0.4, 0.5) is 10.8 Å². The van der Waals surface area contributed by atoms with Crippen molar-refractivity contribution in [1.29, 1.82) is 0 Å². The van der Waals surface area contributed by atoms with Crippen molar-refractivity contribution in [3.63, 3.8) is 0 Å². The Bertz CT molecular complexity index is 522. The van der Waals surface area contributed by atoms with Crippen molar-refractivity contribution in [3.8, 4) is 0 Å². The molecule has 0 bridgehead atoms. The largest absolute Gasteiger partial charge is 0.339 e. The van der Waals surface area contributed by atoms with Crippen molar-refractivity contribution in [1.82, 2.24) is 4.98 Å². The molecule has 2 N–H and O–H groups in total. The highest BCUT2D eigenvalue weighted by Gasteiger charge is 2.10. The molecule has 1 amide bonds. The Balaban J connectivity index is 2.07. The number of hydrogen-bond acceptors (Lipinski definition) is 4. The molecular formula is C12H11N3OS. The van der Waals surface area contributed by atoms with E-state index in [9.17, 15) is 4.79 Å². The van der Waals surface area contributed by atoms with Crippen LogP contribution in [0.2, 0.25) is 0 Å². The molecule has 1 aromatic heterocycles. The van der Waals surface area contributed by atoms with E-state index in [1.165, 1.54) is 17.5 Å². The van der Waals surface area contributed by atoms with E-state index < -0.39 is 0 Å². The average molecular weight is 245 g/mol. The molecule has 86 valence electrons. The van der Waals surface area contributed by atoms with Crippen molar-refractivity contribution in [2.75, 3.05) is 10.6 Å². The van der Waals surface area contributed by atoms with Crippen molar-refractivity contribution in [3.05, 3.63) is 54.2 Å². The van der Waals surface area contributed by atoms with Crippen LogP contribution in [0.3, 0.4) is 0 Å². The quantitative estimate of drug-likeness (QED) is 0.870. The van der Waals surface area contributed by atoms with Crippen LogP contribution in [-0.2, 0) is 0 Å². The minimum absolute atomic E-state index is 0.218. The van der Waals surface area contributed by atoms with Crippen molar-refractivity contribution in [2.45, 2.75) is 0 Å². The van der Waals surface area contributed by atoms with Crippen LogP contribution >= 0.6 is 11.3 Å². The number of aromatic nitrogens is 1. The van der Waals surface area contributed by atoms with E-state index in [1.54, 1.807) is 5.38 Å². The number of nitrogens with one attached hydrogen (secondary N) is 2. The lowest BCUT2D eigenvalue weighted by atomic mass is 10.3. The van der Waals surface area contributed by atoms with Crippen molar-refractivity contribution >= 4 is 28.1 Å². The average Bonchev–Trinajstić information content (AvgIpc) is 2.79. The molecule has 0 fully saturated rings. The lowest BCUT2D eigenvalue weighted by molar-refractivity contribution is 0.102. The third-order valence-electron chi connectivity index (χ3n) is 1.99. The van der Waals surface area contributed by atoms with Gasteiger partial charge in [0.15, 0.2) is 5.13 Å². The van der Waals surface area contributed by atoms with Crippen LogP contribution in [-0.4, -0.2) is 10.9 Å². The molecule has 2 rings (SSSR count). The fourth-order valence-corrected chi connectivity index (χ4v) is 1.93. The second-order valence-corrected chi connectivity index (χ2v) is 4.06. The number of para-hydroxylation sites is 1. The number of thiazole rings is 1. The molecule has 17 heavy (non-hydrogen) atoms. The lowest BCUT2D eigenvalue weighted by Gasteiger charge is -2.01. The number of carbonyl (C=O) groups excluding carboxylic acids is 1. The van der Waals surface area contributed by atoms with Gasteiger partial charge in [-0.15, -0.1) is 11.3 Å². The van der Waals surface area contributed by atoms with Gasteiger partial charge in [-0.1, -0.05) is 24.8 Å². The Labute approximate surface area is 103 Å². The van der Waals surface area contributed by atoms with E-state index >= 15 is 0 Å². The number of amides is 1. The van der Waals surface area contributed by atoms with Gasteiger partial charge in [0.2, 0.25) is 0 Å². The van der Waals surface area contributed by atoms with Gasteiger partial charge in [0.25, 0.3) is 5.91 Å². The van der Waals surface area contributed by atoms with E-state index in [1.807, 2.05) is 30.3 Å². The number of nitrogens with zero attached hydrogens (tertiary/aromatic N) is 1. The Hall–Kier alpha value is -2.14. The Morgan fingerprint density at radius 2 is 2.12 bits per heavy atom. The zero-order valence-corrected chi connectivity index (χ0v) is 9.83. The van der Waals surface area contributed by atoms with Crippen LogP contribution in [0.25, 0.3) is 0 Å². The highest BCUT2D eigenvalue weighted by Crippen LogP contribution is 2.16. The third kappa shape index (κ3) is 2.92. The number of rotatable bonds is 4. The fourth-order valence-electron chi connectivity index (χ4n) is 1.25. The fraction of sp³-hybridized carbons (Fsp3) is 0. The molecular weight excluding hydrogens is 234 g/mol. The van der Waals surface area contributed by atoms with Crippen LogP contribution in [0.1, 0.15) is 10.5 Å². The van der Waals surface area contributed by atoms with Crippen LogP contribution in [0.5, 0.6) is 0 Å². The van der Waals surface area contributed by atoms with E-state index in [-0.39, 0.29) is 5.91 Å². The van der Waals surface area contributed by atoms with E-state index in [0.717, 1.165) is 5.69 Å². The summed E-state index contributed by atoms with van der Waals surface area (Å²) in [5, 5.41) is 7.95. The van der Waals surface area contributed by atoms with Crippen LogP contribution in [0, 0.1) is 0 Å². The molecule has 4 nitrogen and oxygen atoms in total.